The number of fused-ring (bicyclic) bond motifs is 1. The number of nitrogens with one attached hydrogen (secondary N) is 1. The zero-order chi connectivity index (χ0) is 9.80. The summed E-state index contributed by atoms with van der Waals surface area (Å²) in [6.07, 6.45) is 3.86. The van der Waals surface area contributed by atoms with Crippen molar-refractivity contribution in [3.8, 4) is 0 Å². The van der Waals surface area contributed by atoms with Crippen molar-refractivity contribution >= 4 is 0 Å². The maximum absolute atomic E-state index is 3.53. The zero-order valence-corrected chi connectivity index (χ0v) is 8.92. The lowest BCUT2D eigenvalue weighted by Crippen LogP contribution is -2.29. The average Bonchev–Trinajstić information content (AvgIpc) is 2.19. The van der Waals surface area contributed by atoms with Crippen molar-refractivity contribution in [2.75, 3.05) is 13.1 Å². The molecule has 1 aromatic carbocycles. The van der Waals surface area contributed by atoms with Gasteiger partial charge in [-0.2, -0.15) is 0 Å². The number of benzene rings is 1. The number of hydrogen-bond acceptors (Lipinski definition) is 1. The van der Waals surface area contributed by atoms with Crippen LogP contribution in [0.2, 0.25) is 0 Å². The molecule has 0 aromatic heterocycles. The van der Waals surface area contributed by atoms with Crippen LogP contribution in [0.1, 0.15) is 36.8 Å². The van der Waals surface area contributed by atoms with Crippen molar-refractivity contribution in [3.63, 3.8) is 0 Å². The first-order valence-corrected chi connectivity index (χ1v) is 5.70. The molecular weight excluding hydrogens is 170 g/mol. The second kappa shape index (κ2) is 4.61. The molecule has 0 saturated heterocycles. The molecule has 0 fully saturated rings. The molecular formula is C13H19N. The van der Waals surface area contributed by atoms with E-state index in [0.717, 1.165) is 12.5 Å². The summed E-state index contributed by atoms with van der Waals surface area (Å²) in [5, 5.41) is 3.53. The van der Waals surface area contributed by atoms with Crippen molar-refractivity contribution in [2.24, 2.45) is 0 Å². The molecule has 1 nitrogen and oxygen atoms in total. The smallest absolute Gasteiger partial charge is 0.00234 e. The molecule has 0 saturated carbocycles. The van der Waals surface area contributed by atoms with Crippen LogP contribution < -0.4 is 5.32 Å². The fourth-order valence-corrected chi connectivity index (χ4v) is 2.12. The van der Waals surface area contributed by atoms with Crippen LogP contribution in [0.3, 0.4) is 0 Å². The normalized spacial score (nSPS) is 18.8. The minimum atomic E-state index is 0.781. The molecule has 0 amide bonds. The van der Waals surface area contributed by atoms with Crippen LogP contribution in [0.25, 0.3) is 0 Å². The molecule has 0 aliphatic heterocycles. The molecule has 1 aliphatic rings. The molecule has 14 heavy (non-hydrogen) atoms. The lowest BCUT2D eigenvalue weighted by molar-refractivity contribution is 0.527. The Morgan fingerprint density at radius 1 is 1.36 bits per heavy atom. The summed E-state index contributed by atoms with van der Waals surface area (Å²) in [6, 6.07) is 8.81. The van der Waals surface area contributed by atoms with Crippen LogP contribution in [0.15, 0.2) is 24.3 Å². The quantitative estimate of drug-likeness (QED) is 0.702. The van der Waals surface area contributed by atoms with Gasteiger partial charge in [-0.1, -0.05) is 37.6 Å². The molecule has 1 aliphatic carbocycles. The van der Waals surface area contributed by atoms with Crippen molar-refractivity contribution in [1.29, 1.82) is 0 Å². The van der Waals surface area contributed by atoms with Crippen molar-refractivity contribution < 1.29 is 0 Å². The van der Waals surface area contributed by atoms with E-state index in [2.05, 4.69) is 36.5 Å². The highest BCUT2D eigenvalue weighted by atomic mass is 14.9. The van der Waals surface area contributed by atoms with E-state index in [4.69, 9.17) is 0 Å². The van der Waals surface area contributed by atoms with E-state index in [1.165, 1.54) is 25.8 Å². The summed E-state index contributed by atoms with van der Waals surface area (Å²) < 4.78 is 0. The van der Waals surface area contributed by atoms with Crippen LogP contribution >= 0.6 is 0 Å². The highest BCUT2D eigenvalue weighted by Gasteiger charge is 2.24. The van der Waals surface area contributed by atoms with Gasteiger partial charge in [-0.15, -0.1) is 0 Å². The van der Waals surface area contributed by atoms with Gasteiger partial charge in [-0.05, 0) is 30.5 Å². The predicted octanol–water partition coefficient (Wildman–Crippen LogP) is 2.72. The molecule has 1 heteroatoms. The molecule has 1 atom stereocenters. The van der Waals surface area contributed by atoms with Crippen LogP contribution in [0.5, 0.6) is 0 Å². The van der Waals surface area contributed by atoms with Gasteiger partial charge in [0.1, 0.15) is 0 Å². The third kappa shape index (κ3) is 1.98. The Morgan fingerprint density at radius 2 is 2.21 bits per heavy atom. The van der Waals surface area contributed by atoms with E-state index in [1.807, 2.05) is 0 Å². The maximum atomic E-state index is 3.53. The van der Waals surface area contributed by atoms with Gasteiger partial charge in [-0.25, -0.2) is 0 Å². The van der Waals surface area contributed by atoms with Gasteiger partial charge in [0, 0.05) is 12.5 Å². The Bertz CT molecular complexity index is 293. The van der Waals surface area contributed by atoms with E-state index in [0.29, 0.717) is 0 Å². The second-order valence-corrected chi connectivity index (χ2v) is 4.16. The molecule has 76 valence electrons. The minimum absolute atomic E-state index is 0.781. The van der Waals surface area contributed by atoms with Gasteiger partial charge in [0.15, 0.2) is 0 Å². The van der Waals surface area contributed by atoms with E-state index in [9.17, 15) is 0 Å². The standard InChI is InChI=1S/C13H19N/c1-2-3-8-14-10-12-9-11-6-4-5-7-13(11)12/h4-7,12,14H,2-3,8-10H2,1H3. The van der Waals surface area contributed by atoms with Gasteiger partial charge in [0.25, 0.3) is 0 Å². The van der Waals surface area contributed by atoms with Crippen molar-refractivity contribution in [3.05, 3.63) is 35.4 Å². The molecule has 1 aromatic rings. The van der Waals surface area contributed by atoms with E-state index in [1.54, 1.807) is 11.1 Å². The number of unbranched alkanes of at least 4 members (excludes halogenated alkanes) is 1. The van der Waals surface area contributed by atoms with Crippen LogP contribution in [-0.4, -0.2) is 13.1 Å². The molecule has 0 radical (unpaired) electrons. The monoisotopic (exact) mass is 189 g/mol. The first-order chi connectivity index (χ1) is 6.92. The third-order valence-electron chi connectivity index (χ3n) is 3.06. The van der Waals surface area contributed by atoms with E-state index < -0.39 is 0 Å². The summed E-state index contributed by atoms with van der Waals surface area (Å²) >= 11 is 0. The molecule has 0 heterocycles. The highest BCUT2D eigenvalue weighted by Crippen LogP contribution is 2.33. The molecule has 1 N–H and O–H groups in total. The van der Waals surface area contributed by atoms with Crippen LogP contribution in [-0.2, 0) is 6.42 Å². The van der Waals surface area contributed by atoms with Gasteiger partial charge < -0.3 is 5.32 Å². The van der Waals surface area contributed by atoms with E-state index >= 15 is 0 Å². The molecule has 2 rings (SSSR count). The average molecular weight is 189 g/mol. The van der Waals surface area contributed by atoms with Gasteiger partial charge in [0.2, 0.25) is 0 Å². The molecule has 0 bridgehead atoms. The second-order valence-electron chi connectivity index (χ2n) is 4.16. The summed E-state index contributed by atoms with van der Waals surface area (Å²) in [5.74, 6) is 0.781. The summed E-state index contributed by atoms with van der Waals surface area (Å²) in [4.78, 5) is 0. The first-order valence-electron chi connectivity index (χ1n) is 5.70. The van der Waals surface area contributed by atoms with Crippen molar-refractivity contribution in [2.45, 2.75) is 32.1 Å². The minimum Gasteiger partial charge on any atom is -0.316 e. The van der Waals surface area contributed by atoms with E-state index in [-0.39, 0.29) is 0 Å². The lowest BCUT2D eigenvalue weighted by atomic mass is 9.77. The number of rotatable bonds is 5. The van der Waals surface area contributed by atoms with Crippen molar-refractivity contribution in [1.82, 2.24) is 5.32 Å². The summed E-state index contributed by atoms with van der Waals surface area (Å²) in [7, 11) is 0. The van der Waals surface area contributed by atoms with Gasteiger partial charge >= 0.3 is 0 Å². The lowest BCUT2D eigenvalue weighted by Gasteiger charge is -2.30. The zero-order valence-electron chi connectivity index (χ0n) is 8.92. The predicted molar refractivity (Wildman–Crippen MR) is 60.7 cm³/mol. The summed E-state index contributed by atoms with van der Waals surface area (Å²) in [6.45, 7) is 4.58. The largest absolute Gasteiger partial charge is 0.316 e. The summed E-state index contributed by atoms with van der Waals surface area (Å²) in [5.41, 5.74) is 3.12. The van der Waals surface area contributed by atoms with Crippen LogP contribution in [0.4, 0.5) is 0 Å². The van der Waals surface area contributed by atoms with Gasteiger partial charge in [-0.3, -0.25) is 0 Å². The SMILES string of the molecule is CCCCNCC1Cc2ccccc21. The Hall–Kier alpha value is -0.820. The molecule has 1 unspecified atom stereocenters. The Kier molecular flexibility index (Phi) is 3.20. The Balaban J connectivity index is 1.76. The van der Waals surface area contributed by atoms with Crippen LogP contribution in [0, 0.1) is 0 Å². The fraction of sp³-hybridized carbons (Fsp3) is 0.538. The highest BCUT2D eigenvalue weighted by molar-refractivity contribution is 5.40. The fourth-order valence-electron chi connectivity index (χ4n) is 2.12. The van der Waals surface area contributed by atoms with Gasteiger partial charge in [0.05, 0.1) is 0 Å². The Labute approximate surface area is 86.5 Å². The third-order valence-corrected chi connectivity index (χ3v) is 3.06. The number of hydrogen-bond donors (Lipinski definition) is 1. The Morgan fingerprint density at radius 3 is 3.00 bits per heavy atom. The first kappa shape index (κ1) is 9.72. The maximum Gasteiger partial charge on any atom is 0.00234 e. The molecule has 0 spiro atoms. The topological polar surface area (TPSA) is 12.0 Å².